The molecule has 4 rings (SSSR count). The number of hydrogen-bond donors (Lipinski definition) is 1. The highest BCUT2D eigenvalue weighted by atomic mass is 16.5. The van der Waals surface area contributed by atoms with Crippen molar-refractivity contribution >= 4 is 10.9 Å². The van der Waals surface area contributed by atoms with Crippen LogP contribution in [0.4, 0.5) is 0 Å². The lowest BCUT2D eigenvalue weighted by molar-refractivity contribution is 0.0348. The fourth-order valence-electron chi connectivity index (χ4n) is 5.01. The van der Waals surface area contributed by atoms with Gasteiger partial charge in [0.2, 0.25) is 0 Å². The molecule has 1 unspecified atom stereocenters. The number of H-pyrrole nitrogens is 1. The zero-order valence-corrected chi connectivity index (χ0v) is 22.5. The Morgan fingerprint density at radius 3 is 2.64 bits per heavy atom. The van der Waals surface area contributed by atoms with E-state index in [1.807, 2.05) is 10.7 Å². The van der Waals surface area contributed by atoms with Crippen molar-refractivity contribution in [1.29, 1.82) is 0 Å². The number of pyridine rings is 1. The van der Waals surface area contributed by atoms with Crippen LogP contribution in [0.2, 0.25) is 0 Å². The predicted molar refractivity (Wildman–Crippen MR) is 142 cm³/mol. The molecule has 196 valence electrons. The summed E-state index contributed by atoms with van der Waals surface area (Å²) in [6.07, 6.45) is 2.81. The van der Waals surface area contributed by atoms with E-state index in [2.05, 4.69) is 83.1 Å². The number of fused-ring (bicyclic) bond motifs is 1. The van der Waals surface area contributed by atoms with E-state index in [0.29, 0.717) is 6.54 Å². The third kappa shape index (κ3) is 6.19. The fourth-order valence-corrected chi connectivity index (χ4v) is 5.01. The van der Waals surface area contributed by atoms with Gasteiger partial charge in [-0.3, -0.25) is 14.6 Å². The second kappa shape index (κ2) is 11.6. The molecule has 3 aromatic rings. The van der Waals surface area contributed by atoms with Gasteiger partial charge in [0.05, 0.1) is 24.8 Å². The highest BCUT2D eigenvalue weighted by molar-refractivity contribution is 5.79. The molecule has 0 spiro atoms. The standard InChI is InChI=1S/C27H41N7O2/c1-6-20-9-10-23-21(17-20)18-22(26(35)28-23)19-33(12-8-11-32-13-15-36-16-14-32)24(7-2)25-29-30-31-34(25)27(3,4)5/h9-10,17-18,24H,6-8,11-16,19H2,1-5H3,(H,28,35). The number of tetrazole rings is 1. The lowest BCUT2D eigenvalue weighted by atomic mass is 10.0. The molecular formula is C27H41N7O2. The van der Waals surface area contributed by atoms with Gasteiger partial charge in [0, 0.05) is 37.3 Å². The van der Waals surface area contributed by atoms with Crippen molar-refractivity contribution in [1.82, 2.24) is 35.0 Å². The van der Waals surface area contributed by atoms with Crippen LogP contribution in [-0.4, -0.2) is 74.4 Å². The molecule has 1 atom stereocenters. The maximum absolute atomic E-state index is 13.1. The zero-order chi connectivity index (χ0) is 25.7. The molecule has 0 bridgehead atoms. The van der Waals surface area contributed by atoms with Crippen molar-refractivity contribution in [3.63, 3.8) is 0 Å². The summed E-state index contributed by atoms with van der Waals surface area (Å²) in [7, 11) is 0. The SMILES string of the molecule is CCc1ccc2[nH]c(=O)c(CN(CCCN3CCOCC3)C(CC)c3nnnn3C(C)(C)C)cc2c1. The summed E-state index contributed by atoms with van der Waals surface area (Å²) in [4.78, 5) is 21.1. The van der Waals surface area contributed by atoms with Crippen LogP contribution in [0.15, 0.2) is 29.1 Å². The lowest BCUT2D eigenvalue weighted by Gasteiger charge is -2.33. The lowest BCUT2D eigenvalue weighted by Crippen LogP contribution is -2.39. The number of hydrogen-bond acceptors (Lipinski definition) is 7. The van der Waals surface area contributed by atoms with Crippen molar-refractivity contribution in [3.05, 3.63) is 51.6 Å². The number of aromatic nitrogens is 5. The summed E-state index contributed by atoms with van der Waals surface area (Å²) >= 11 is 0. The van der Waals surface area contributed by atoms with Gasteiger partial charge in [0.25, 0.3) is 5.56 Å². The summed E-state index contributed by atoms with van der Waals surface area (Å²) in [6.45, 7) is 16.6. The summed E-state index contributed by atoms with van der Waals surface area (Å²) in [5.74, 6) is 0.849. The molecule has 0 amide bonds. The molecule has 1 N–H and O–H groups in total. The number of ether oxygens (including phenoxy) is 1. The van der Waals surface area contributed by atoms with E-state index in [0.717, 1.165) is 80.9 Å². The molecule has 1 aliphatic heterocycles. The molecule has 1 aromatic carbocycles. The zero-order valence-electron chi connectivity index (χ0n) is 22.5. The van der Waals surface area contributed by atoms with Gasteiger partial charge in [-0.25, -0.2) is 4.68 Å². The van der Waals surface area contributed by atoms with Crippen molar-refractivity contribution in [3.8, 4) is 0 Å². The van der Waals surface area contributed by atoms with Crippen LogP contribution in [0.5, 0.6) is 0 Å². The Balaban J connectivity index is 1.63. The largest absolute Gasteiger partial charge is 0.379 e. The van der Waals surface area contributed by atoms with Crippen molar-refractivity contribution < 1.29 is 4.74 Å². The Hall–Kier alpha value is -2.62. The van der Waals surface area contributed by atoms with Crippen LogP contribution in [0, 0.1) is 0 Å². The molecule has 2 aromatic heterocycles. The van der Waals surface area contributed by atoms with Gasteiger partial charge >= 0.3 is 0 Å². The Morgan fingerprint density at radius 1 is 1.17 bits per heavy atom. The third-order valence-electron chi connectivity index (χ3n) is 7.05. The number of rotatable bonds is 10. The fraction of sp³-hybridized carbons (Fsp3) is 0.630. The maximum atomic E-state index is 13.1. The topological polar surface area (TPSA) is 92.2 Å². The van der Waals surface area contributed by atoms with Gasteiger partial charge in [0.1, 0.15) is 0 Å². The van der Waals surface area contributed by atoms with Gasteiger partial charge in [-0.2, -0.15) is 0 Å². The summed E-state index contributed by atoms with van der Waals surface area (Å²) in [6, 6.07) is 8.32. The minimum atomic E-state index is -0.233. The molecule has 9 heteroatoms. The Bertz CT molecular complexity index is 1190. The van der Waals surface area contributed by atoms with Crippen LogP contribution in [0.3, 0.4) is 0 Å². The molecule has 0 saturated carbocycles. The van der Waals surface area contributed by atoms with E-state index in [1.54, 1.807) is 0 Å². The minimum Gasteiger partial charge on any atom is -0.379 e. The van der Waals surface area contributed by atoms with Gasteiger partial charge in [0.15, 0.2) is 5.82 Å². The van der Waals surface area contributed by atoms with E-state index in [-0.39, 0.29) is 17.1 Å². The molecule has 9 nitrogen and oxygen atoms in total. The number of aromatic amines is 1. The smallest absolute Gasteiger partial charge is 0.252 e. The average Bonchev–Trinajstić information content (AvgIpc) is 3.35. The first kappa shape index (κ1) is 26.4. The van der Waals surface area contributed by atoms with Crippen molar-refractivity contribution in [2.45, 2.75) is 72.0 Å². The van der Waals surface area contributed by atoms with Crippen molar-refractivity contribution in [2.24, 2.45) is 0 Å². The van der Waals surface area contributed by atoms with E-state index in [4.69, 9.17) is 4.74 Å². The number of morpholine rings is 1. The van der Waals surface area contributed by atoms with Gasteiger partial charge in [-0.1, -0.05) is 19.9 Å². The highest BCUT2D eigenvalue weighted by Gasteiger charge is 2.29. The normalized spacial score (nSPS) is 16.2. The first-order valence-corrected chi connectivity index (χ1v) is 13.3. The third-order valence-corrected chi connectivity index (χ3v) is 7.05. The molecule has 36 heavy (non-hydrogen) atoms. The van der Waals surface area contributed by atoms with Crippen molar-refractivity contribution in [2.75, 3.05) is 39.4 Å². The molecule has 0 radical (unpaired) electrons. The van der Waals surface area contributed by atoms with E-state index >= 15 is 0 Å². The van der Waals surface area contributed by atoms with Gasteiger partial charge < -0.3 is 9.72 Å². The molecular weight excluding hydrogens is 454 g/mol. The monoisotopic (exact) mass is 495 g/mol. The molecule has 1 fully saturated rings. The second-order valence-electron chi connectivity index (χ2n) is 10.7. The minimum absolute atomic E-state index is 0.000914. The van der Waals surface area contributed by atoms with Crippen LogP contribution >= 0.6 is 0 Å². The van der Waals surface area contributed by atoms with Crippen LogP contribution in [-0.2, 0) is 23.2 Å². The quantitative estimate of drug-likeness (QED) is 0.460. The molecule has 1 aliphatic rings. The maximum Gasteiger partial charge on any atom is 0.252 e. The molecule has 1 saturated heterocycles. The number of benzene rings is 1. The summed E-state index contributed by atoms with van der Waals surface area (Å²) in [5, 5.41) is 13.9. The summed E-state index contributed by atoms with van der Waals surface area (Å²) in [5.41, 5.74) is 2.65. The van der Waals surface area contributed by atoms with Crippen LogP contribution in [0.25, 0.3) is 10.9 Å². The average molecular weight is 496 g/mol. The first-order chi connectivity index (χ1) is 17.3. The predicted octanol–water partition coefficient (Wildman–Crippen LogP) is 3.51. The van der Waals surface area contributed by atoms with E-state index in [1.165, 1.54) is 5.56 Å². The number of nitrogens with one attached hydrogen (secondary N) is 1. The Morgan fingerprint density at radius 2 is 1.94 bits per heavy atom. The summed E-state index contributed by atoms with van der Waals surface area (Å²) < 4.78 is 7.43. The molecule has 0 aliphatic carbocycles. The Labute approximate surface area is 213 Å². The van der Waals surface area contributed by atoms with E-state index in [9.17, 15) is 4.79 Å². The number of nitrogens with zero attached hydrogens (tertiary/aromatic N) is 6. The van der Waals surface area contributed by atoms with Gasteiger partial charge in [-0.05, 0) is 86.2 Å². The van der Waals surface area contributed by atoms with Crippen LogP contribution in [0.1, 0.15) is 70.5 Å². The van der Waals surface area contributed by atoms with Crippen LogP contribution < -0.4 is 5.56 Å². The Kier molecular flexibility index (Phi) is 8.54. The second-order valence-corrected chi connectivity index (χ2v) is 10.7. The van der Waals surface area contributed by atoms with E-state index < -0.39 is 0 Å². The van der Waals surface area contributed by atoms with Gasteiger partial charge in [-0.15, -0.1) is 5.10 Å². The number of aryl methyl sites for hydroxylation is 1. The molecule has 3 heterocycles. The highest BCUT2D eigenvalue weighted by Crippen LogP contribution is 2.28. The first-order valence-electron chi connectivity index (χ1n) is 13.3.